The Morgan fingerprint density at radius 1 is 1.05 bits per heavy atom. The molecule has 2 heterocycles. The van der Waals surface area contributed by atoms with E-state index in [2.05, 4.69) is 25.2 Å². The predicted octanol–water partition coefficient (Wildman–Crippen LogP) is 2.12. The third kappa shape index (κ3) is 5.83. The van der Waals surface area contributed by atoms with Crippen molar-refractivity contribution in [1.82, 2.24) is 15.0 Å². The number of anilines is 2. The number of nitrogens with two attached hydrogens (primary N) is 1. The molecular weight excluding hydrogens is 323 g/mol. The fourth-order valence-corrected chi connectivity index (χ4v) is 2.17. The summed E-state index contributed by atoms with van der Waals surface area (Å²) in [5.41, 5.74) is 5.44. The van der Waals surface area contributed by atoms with Crippen molar-refractivity contribution in [3.8, 4) is 0 Å². The molecule has 0 aromatic carbocycles. The highest BCUT2D eigenvalue weighted by Gasteiger charge is 2.14. The lowest BCUT2D eigenvalue weighted by molar-refractivity contribution is 0.726. The Kier molecular flexibility index (Phi) is 9.92. The predicted molar refractivity (Wildman–Crippen MR) is 87.6 cm³/mol. The van der Waals surface area contributed by atoms with E-state index in [1.165, 1.54) is 25.7 Å². The van der Waals surface area contributed by atoms with Crippen molar-refractivity contribution >= 4 is 48.3 Å². The SMILES string of the molecule is Cl.Cl.NCCNc1nc(Cl)nc(N2CCCCCC2)n1. The summed E-state index contributed by atoms with van der Waals surface area (Å²) < 4.78 is 0. The lowest BCUT2D eigenvalue weighted by Gasteiger charge is -2.20. The maximum absolute atomic E-state index is 5.93. The van der Waals surface area contributed by atoms with Gasteiger partial charge in [0.2, 0.25) is 17.2 Å². The number of halogens is 3. The standard InChI is InChI=1S/C11H19ClN6.2ClH/c12-9-15-10(14-6-5-13)17-11(16-9)18-7-3-1-2-4-8-18;;/h1-8,13H2,(H,14,15,16,17);2*1H. The van der Waals surface area contributed by atoms with Crippen molar-refractivity contribution in [3.63, 3.8) is 0 Å². The smallest absolute Gasteiger partial charge is 0.231 e. The van der Waals surface area contributed by atoms with Gasteiger partial charge in [-0.2, -0.15) is 15.0 Å². The van der Waals surface area contributed by atoms with Crippen molar-refractivity contribution in [1.29, 1.82) is 0 Å². The zero-order valence-electron chi connectivity index (χ0n) is 11.2. The van der Waals surface area contributed by atoms with Gasteiger partial charge in [0.1, 0.15) is 0 Å². The van der Waals surface area contributed by atoms with E-state index >= 15 is 0 Å². The minimum atomic E-state index is 0. The van der Waals surface area contributed by atoms with Gasteiger partial charge in [-0.3, -0.25) is 0 Å². The molecule has 0 bridgehead atoms. The second-order valence-electron chi connectivity index (χ2n) is 4.34. The Labute approximate surface area is 136 Å². The van der Waals surface area contributed by atoms with Gasteiger partial charge in [0.25, 0.3) is 0 Å². The van der Waals surface area contributed by atoms with Crippen LogP contribution in [0.3, 0.4) is 0 Å². The zero-order valence-corrected chi connectivity index (χ0v) is 13.6. The molecule has 1 aliphatic rings. The Morgan fingerprint density at radius 2 is 1.70 bits per heavy atom. The second kappa shape index (κ2) is 10.2. The Hall–Kier alpha value is -0.560. The highest BCUT2D eigenvalue weighted by atomic mass is 35.5. The molecule has 116 valence electrons. The number of aromatic nitrogens is 3. The van der Waals surface area contributed by atoms with Gasteiger partial charge in [0.15, 0.2) is 0 Å². The summed E-state index contributed by atoms with van der Waals surface area (Å²) in [7, 11) is 0. The highest BCUT2D eigenvalue weighted by molar-refractivity contribution is 6.28. The van der Waals surface area contributed by atoms with Crippen LogP contribution in [0.4, 0.5) is 11.9 Å². The van der Waals surface area contributed by atoms with E-state index in [0.717, 1.165) is 13.1 Å². The Balaban J connectivity index is 0.00000180. The van der Waals surface area contributed by atoms with Crippen molar-refractivity contribution in [2.24, 2.45) is 5.73 Å². The molecule has 1 fully saturated rings. The van der Waals surface area contributed by atoms with Crippen LogP contribution in [-0.4, -0.2) is 41.1 Å². The fraction of sp³-hybridized carbons (Fsp3) is 0.727. The van der Waals surface area contributed by atoms with Gasteiger partial charge in [-0.05, 0) is 24.4 Å². The van der Waals surface area contributed by atoms with Crippen LogP contribution in [0.1, 0.15) is 25.7 Å². The first-order valence-corrected chi connectivity index (χ1v) is 6.78. The lowest BCUT2D eigenvalue weighted by atomic mass is 10.2. The fourth-order valence-electron chi connectivity index (χ4n) is 2.01. The molecule has 1 saturated heterocycles. The average Bonchev–Trinajstić information content (AvgIpc) is 2.64. The monoisotopic (exact) mass is 342 g/mol. The lowest BCUT2D eigenvalue weighted by Crippen LogP contribution is -2.27. The van der Waals surface area contributed by atoms with Crippen LogP contribution in [0.2, 0.25) is 5.28 Å². The van der Waals surface area contributed by atoms with Gasteiger partial charge in [-0.25, -0.2) is 0 Å². The van der Waals surface area contributed by atoms with Gasteiger partial charge >= 0.3 is 0 Å². The summed E-state index contributed by atoms with van der Waals surface area (Å²) in [5, 5.41) is 3.26. The molecule has 3 N–H and O–H groups in total. The first kappa shape index (κ1) is 19.4. The molecule has 1 aromatic rings. The number of hydrogen-bond donors (Lipinski definition) is 2. The maximum Gasteiger partial charge on any atom is 0.231 e. The van der Waals surface area contributed by atoms with E-state index in [9.17, 15) is 0 Å². The van der Waals surface area contributed by atoms with E-state index in [4.69, 9.17) is 17.3 Å². The molecule has 0 unspecified atom stereocenters. The van der Waals surface area contributed by atoms with Crippen molar-refractivity contribution in [2.75, 3.05) is 36.4 Å². The van der Waals surface area contributed by atoms with Gasteiger partial charge in [-0.15, -0.1) is 24.8 Å². The molecule has 1 aromatic heterocycles. The first-order chi connectivity index (χ1) is 8.79. The van der Waals surface area contributed by atoms with E-state index in [0.29, 0.717) is 25.0 Å². The van der Waals surface area contributed by atoms with Crippen LogP contribution < -0.4 is 16.0 Å². The molecule has 6 nitrogen and oxygen atoms in total. The maximum atomic E-state index is 5.93. The Morgan fingerprint density at radius 3 is 2.30 bits per heavy atom. The van der Waals surface area contributed by atoms with E-state index in [-0.39, 0.29) is 30.1 Å². The highest BCUT2D eigenvalue weighted by Crippen LogP contribution is 2.18. The van der Waals surface area contributed by atoms with Crippen LogP contribution in [0.5, 0.6) is 0 Å². The van der Waals surface area contributed by atoms with Crippen LogP contribution in [0.15, 0.2) is 0 Å². The molecule has 0 atom stereocenters. The van der Waals surface area contributed by atoms with Gasteiger partial charge < -0.3 is 16.0 Å². The van der Waals surface area contributed by atoms with Crippen LogP contribution >= 0.6 is 36.4 Å². The van der Waals surface area contributed by atoms with Gasteiger partial charge in [0, 0.05) is 26.2 Å². The largest absolute Gasteiger partial charge is 0.353 e. The average molecular weight is 344 g/mol. The molecule has 0 saturated carbocycles. The third-order valence-electron chi connectivity index (χ3n) is 2.91. The summed E-state index contributed by atoms with van der Waals surface area (Å²) in [6, 6.07) is 0. The number of rotatable bonds is 4. The van der Waals surface area contributed by atoms with Crippen LogP contribution in [0.25, 0.3) is 0 Å². The minimum absolute atomic E-state index is 0. The minimum Gasteiger partial charge on any atom is -0.353 e. The molecule has 0 amide bonds. The molecule has 0 radical (unpaired) electrons. The van der Waals surface area contributed by atoms with Gasteiger partial charge in [0.05, 0.1) is 0 Å². The van der Waals surface area contributed by atoms with Crippen molar-refractivity contribution in [2.45, 2.75) is 25.7 Å². The summed E-state index contributed by atoms with van der Waals surface area (Å²) in [6.07, 6.45) is 4.89. The topological polar surface area (TPSA) is 80.0 Å². The van der Waals surface area contributed by atoms with Crippen molar-refractivity contribution in [3.05, 3.63) is 5.28 Å². The van der Waals surface area contributed by atoms with E-state index in [1.807, 2.05) is 0 Å². The summed E-state index contributed by atoms with van der Waals surface area (Å²) in [5.74, 6) is 1.16. The molecule has 9 heteroatoms. The Bertz CT molecular complexity index is 384. The summed E-state index contributed by atoms with van der Waals surface area (Å²) >= 11 is 5.93. The van der Waals surface area contributed by atoms with Crippen LogP contribution in [-0.2, 0) is 0 Å². The quantitative estimate of drug-likeness (QED) is 0.871. The summed E-state index contributed by atoms with van der Waals surface area (Å²) in [4.78, 5) is 14.8. The third-order valence-corrected chi connectivity index (χ3v) is 3.08. The van der Waals surface area contributed by atoms with Crippen molar-refractivity contribution < 1.29 is 0 Å². The van der Waals surface area contributed by atoms with Gasteiger partial charge in [-0.1, -0.05) is 12.8 Å². The first-order valence-electron chi connectivity index (χ1n) is 6.40. The van der Waals surface area contributed by atoms with Crippen LogP contribution in [0, 0.1) is 0 Å². The normalized spacial score (nSPS) is 14.8. The second-order valence-corrected chi connectivity index (χ2v) is 4.68. The summed E-state index contributed by atoms with van der Waals surface area (Å²) in [6.45, 7) is 3.12. The van der Waals surface area contributed by atoms with E-state index < -0.39 is 0 Å². The molecule has 2 rings (SSSR count). The molecule has 20 heavy (non-hydrogen) atoms. The molecule has 0 spiro atoms. The number of nitrogens with one attached hydrogen (secondary N) is 1. The zero-order chi connectivity index (χ0) is 12.8. The molecule has 1 aliphatic heterocycles. The van der Waals surface area contributed by atoms with E-state index in [1.54, 1.807) is 0 Å². The number of nitrogens with zero attached hydrogens (tertiary/aromatic N) is 4. The molecule has 0 aliphatic carbocycles. The number of hydrogen-bond acceptors (Lipinski definition) is 6. The molecular formula is C11H21Cl3N6.